The Hall–Kier alpha value is -1.79. The third-order valence-electron chi connectivity index (χ3n) is 4.86. The van der Waals surface area contributed by atoms with Crippen molar-refractivity contribution in [3.63, 3.8) is 0 Å². The second kappa shape index (κ2) is 6.32. The van der Waals surface area contributed by atoms with E-state index in [-0.39, 0.29) is 23.6 Å². The van der Waals surface area contributed by atoms with Gasteiger partial charge in [0.05, 0.1) is 0 Å². The molecule has 118 valence electrons. The van der Waals surface area contributed by atoms with E-state index in [0.29, 0.717) is 32.4 Å². The minimum atomic E-state index is -0.828. The fourth-order valence-corrected chi connectivity index (χ4v) is 3.58. The Kier molecular flexibility index (Phi) is 4.69. The molecule has 1 saturated carbocycles. The quantitative estimate of drug-likeness (QED) is 0.301. The summed E-state index contributed by atoms with van der Waals surface area (Å²) in [5, 5.41) is 12.1. The van der Waals surface area contributed by atoms with Crippen molar-refractivity contribution in [3.8, 4) is 0 Å². The Morgan fingerprint density at radius 3 is 2.24 bits per heavy atom. The van der Waals surface area contributed by atoms with Crippen molar-refractivity contribution in [2.75, 3.05) is 13.1 Å². The molecule has 1 saturated heterocycles. The molecular formula is C14H24N4O3. The number of carbonyl (C=O) groups is 2. The van der Waals surface area contributed by atoms with Crippen molar-refractivity contribution in [1.29, 1.82) is 0 Å². The van der Waals surface area contributed by atoms with Gasteiger partial charge in [-0.15, -0.1) is 0 Å². The molecule has 0 atom stereocenters. The van der Waals surface area contributed by atoms with Gasteiger partial charge in [-0.05, 0) is 31.6 Å². The Morgan fingerprint density at radius 2 is 1.76 bits per heavy atom. The minimum absolute atomic E-state index is 0.0317. The summed E-state index contributed by atoms with van der Waals surface area (Å²) in [5.41, 5.74) is 10.2. The highest BCUT2D eigenvalue weighted by Gasteiger charge is 2.47. The van der Waals surface area contributed by atoms with Gasteiger partial charge in [-0.25, -0.2) is 0 Å². The van der Waals surface area contributed by atoms with Gasteiger partial charge in [-0.2, -0.15) is 0 Å². The number of amidine groups is 1. The lowest BCUT2D eigenvalue weighted by Crippen LogP contribution is -2.52. The molecule has 2 fully saturated rings. The molecule has 1 aliphatic heterocycles. The first-order chi connectivity index (χ1) is 9.99. The zero-order valence-electron chi connectivity index (χ0n) is 12.3. The third kappa shape index (κ3) is 3.11. The van der Waals surface area contributed by atoms with E-state index in [2.05, 4.69) is 5.16 Å². The van der Waals surface area contributed by atoms with Crippen molar-refractivity contribution in [2.45, 2.75) is 44.9 Å². The van der Waals surface area contributed by atoms with Gasteiger partial charge in [-0.3, -0.25) is 9.59 Å². The highest BCUT2D eigenvalue weighted by atomic mass is 16.4. The highest BCUT2D eigenvalue weighted by Crippen LogP contribution is 2.40. The molecule has 2 aliphatic rings. The van der Waals surface area contributed by atoms with E-state index in [0.717, 1.165) is 25.7 Å². The van der Waals surface area contributed by atoms with E-state index >= 15 is 0 Å². The van der Waals surface area contributed by atoms with E-state index in [9.17, 15) is 9.59 Å². The summed E-state index contributed by atoms with van der Waals surface area (Å²) in [6, 6.07) is 0. The van der Waals surface area contributed by atoms with E-state index in [4.69, 9.17) is 16.7 Å². The Labute approximate surface area is 124 Å². The number of nitrogens with two attached hydrogens (primary N) is 2. The average Bonchev–Trinajstić information content (AvgIpc) is 2.96. The lowest BCUT2D eigenvalue weighted by atomic mass is 9.82. The van der Waals surface area contributed by atoms with Crippen molar-refractivity contribution >= 4 is 17.6 Å². The topological polar surface area (TPSA) is 122 Å². The smallest absolute Gasteiger partial charge is 0.236 e. The molecule has 1 heterocycles. The number of rotatable bonds is 4. The Balaban J connectivity index is 2.02. The standard InChI is InChI=1S/C14H24N4O3/c15-11(19)9-10-3-7-18(8-4-10)13(20)14(12(16)17-21)5-1-2-6-14/h10,21H,1-9H2,(H2,15,19)(H2,16,17). The maximum absolute atomic E-state index is 12.8. The van der Waals surface area contributed by atoms with Crippen LogP contribution in [-0.4, -0.2) is 40.8 Å². The predicted molar refractivity (Wildman–Crippen MR) is 77.4 cm³/mol. The first-order valence-electron chi connectivity index (χ1n) is 7.55. The van der Waals surface area contributed by atoms with Gasteiger partial charge in [0.15, 0.2) is 5.84 Å². The first-order valence-corrected chi connectivity index (χ1v) is 7.55. The normalized spacial score (nSPS) is 23.2. The van der Waals surface area contributed by atoms with Crippen LogP contribution in [0.3, 0.4) is 0 Å². The highest BCUT2D eigenvalue weighted by molar-refractivity contribution is 6.07. The second-order valence-corrected chi connectivity index (χ2v) is 6.18. The van der Waals surface area contributed by atoms with Crippen LogP contribution in [0.25, 0.3) is 0 Å². The van der Waals surface area contributed by atoms with Crippen LogP contribution in [0.15, 0.2) is 5.16 Å². The summed E-state index contributed by atoms with van der Waals surface area (Å²) >= 11 is 0. The molecule has 0 aromatic carbocycles. The fourth-order valence-electron chi connectivity index (χ4n) is 3.58. The maximum atomic E-state index is 12.8. The van der Waals surface area contributed by atoms with Crippen LogP contribution in [0.2, 0.25) is 0 Å². The second-order valence-electron chi connectivity index (χ2n) is 6.18. The molecule has 2 rings (SSSR count). The van der Waals surface area contributed by atoms with Gasteiger partial charge >= 0.3 is 0 Å². The molecule has 0 unspecified atom stereocenters. The Bertz CT molecular complexity index is 436. The van der Waals surface area contributed by atoms with E-state index in [1.807, 2.05) is 0 Å². The fraction of sp³-hybridized carbons (Fsp3) is 0.786. The summed E-state index contributed by atoms with van der Waals surface area (Å²) in [6.07, 6.45) is 5.06. The van der Waals surface area contributed by atoms with Gasteiger partial charge in [0, 0.05) is 19.5 Å². The van der Waals surface area contributed by atoms with Gasteiger partial charge in [0.2, 0.25) is 11.8 Å². The molecule has 7 heteroatoms. The number of hydrogen-bond acceptors (Lipinski definition) is 4. The molecule has 21 heavy (non-hydrogen) atoms. The van der Waals surface area contributed by atoms with Crippen LogP contribution in [0.4, 0.5) is 0 Å². The summed E-state index contributed by atoms with van der Waals surface area (Å²) in [4.78, 5) is 25.6. The summed E-state index contributed by atoms with van der Waals surface area (Å²) in [6.45, 7) is 1.22. The van der Waals surface area contributed by atoms with Crippen LogP contribution in [0.1, 0.15) is 44.9 Å². The number of likely N-dealkylation sites (tertiary alicyclic amines) is 1. The lowest BCUT2D eigenvalue weighted by molar-refractivity contribution is -0.139. The van der Waals surface area contributed by atoms with Crippen LogP contribution in [0.5, 0.6) is 0 Å². The number of oxime groups is 1. The van der Waals surface area contributed by atoms with Crippen LogP contribution >= 0.6 is 0 Å². The van der Waals surface area contributed by atoms with Crippen molar-refractivity contribution in [2.24, 2.45) is 28.0 Å². The van der Waals surface area contributed by atoms with Crippen molar-refractivity contribution < 1.29 is 14.8 Å². The van der Waals surface area contributed by atoms with Crippen LogP contribution in [0, 0.1) is 11.3 Å². The molecule has 0 aromatic heterocycles. The molecule has 0 radical (unpaired) electrons. The van der Waals surface area contributed by atoms with Crippen molar-refractivity contribution in [3.05, 3.63) is 0 Å². The number of primary amides is 1. The molecule has 2 amide bonds. The minimum Gasteiger partial charge on any atom is -0.409 e. The molecular weight excluding hydrogens is 272 g/mol. The van der Waals surface area contributed by atoms with Gasteiger partial charge in [0.25, 0.3) is 0 Å². The first kappa shape index (κ1) is 15.6. The van der Waals surface area contributed by atoms with Crippen molar-refractivity contribution in [1.82, 2.24) is 4.90 Å². The maximum Gasteiger partial charge on any atom is 0.236 e. The number of amides is 2. The SMILES string of the molecule is NC(=O)CC1CCN(C(=O)C2(C(N)=NO)CCCC2)CC1. The number of carbonyl (C=O) groups excluding carboxylic acids is 2. The summed E-state index contributed by atoms with van der Waals surface area (Å²) in [7, 11) is 0. The van der Waals surface area contributed by atoms with E-state index < -0.39 is 5.41 Å². The predicted octanol–water partition coefficient (Wildman–Crippen LogP) is 0.407. The third-order valence-corrected chi connectivity index (χ3v) is 4.86. The van der Waals surface area contributed by atoms with Gasteiger partial charge < -0.3 is 21.6 Å². The summed E-state index contributed by atoms with van der Waals surface area (Å²) in [5.74, 6) is -0.0317. The van der Waals surface area contributed by atoms with Crippen LogP contribution < -0.4 is 11.5 Å². The zero-order chi connectivity index (χ0) is 15.5. The molecule has 1 aliphatic carbocycles. The Morgan fingerprint density at radius 1 is 1.19 bits per heavy atom. The molecule has 0 bridgehead atoms. The molecule has 7 nitrogen and oxygen atoms in total. The summed E-state index contributed by atoms with van der Waals surface area (Å²) < 4.78 is 0. The number of hydrogen-bond donors (Lipinski definition) is 3. The number of piperidine rings is 1. The largest absolute Gasteiger partial charge is 0.409 e. The van der Waals surface area contributed by atoms with Gasteiger partial charge in [-0.1, -0.05) is 18.0 Å². The lowest BCUT2D eigenvalue weighted by Gasteiger charge is -2.37. The molecule has 5 N–H and O–H groups in total. The number of nitrogens with zero attached hydrogens (tertiary/aromatic N) is 2. The van der Waals surface area contributed by atoms with Crippen LogP contribution in [-0.2, 0) is 9.59 Å². The van der Waals surface area contributed by atoms with Gasteiger partial charge in [0.1, 0.15) is 5.41 Å². The van der Waals surface area contributed by atoms with E-state index in [1.165, 1.54) is 0 Å². The average molecular weight is 296 g/mol. The zero-order valence-corrected chi connectivity index (χ0v) is 12.3. The van der Waals surface area contributed by atoms with E-state index in [1.54, 1.807) is 4.90 Å². The molecule has 0 aromatic rings. The molecule has 0 spiro atoms. The monoisotopic (exact) mass is 296 g/mol.